The molecule has 0 rings (SSSR count). The molecule has 0 unspecified atom stereocenters. The smallest absolute Gasteiger partial charge is 0.166 e. The number of Topliss-reactive ketones (excluding diaryl/α,β-unsaturated/α-hetero) is 1. The second-order valence-electron chi connectivity index (χ2n) is 4.15. The van der Waals surface area contributed by atoms with Crippen LogP contribution < -0.4 is 0 Å². The fourth-order valence-electron chi connectivity index (χ4n) is 0.723. The van der Waals surface area contributed by atoms with E-state index < -0.39 is 11.2 Å². The SMILES string of the molecule is C/C(=C\C(=O)CC(=O)C(C)(C)C)OF. The highest BCUT2D eigenvalue weighted by atomic mass is 19.3. The molecule has 0 aromatic heterocycles. The normalized spacial score (nSPS) is 12.5. The lowest BCUT2D eigenvalue weighted by molar-refractivity contribution is -0.130. The lowest BCUT2D eigenvalue weighted by atomic mass is 9.88. The minimum absolute atomic E-state index is 0.142. The van der Waals surface area contributed by atoms with Crippen molar-refractivity contribution in [1.29, 1.82) is 0 Å². The first-order chi connectivity index (χ1) is 6.27. The van der Waals surface area contributed by atoms with Crippen LogP contribution in [0.2, 0.25) is 0 Å². The average molecular weight is 202 g/mol. The minimum Gasteiger partial charge on any atom is -0.299 e. The van der Waals surface area contributed by atoms with E-state index >= 15 is 0 Å². The first-order valence-electron chi connectivity index (χ1n) is 4.30. The van der Waals surface area contributed by atoms with Crippen LogP contribution in [0.25, 0.3) is 0 Å². The molecular weight excluding hydrogens is 187 g/mol. The van der Waals surface area contributed by atoms with Crippen LogP contribution in [0.3, 0.4) is 0 Å². The van der Waals surface area contributed by atoms with E-state index in [1.165, 1.54) is 6.92 Å². The van der Waals surface area contributed by atoms with Crippen molar-refractivity contribution in [1.82, 2.24) is 0 Å². The van der Waals surface area contributed by atoms with Gasteiger partial charge in [0.1, 0.15) is 11.5 Å². The summed E-state index contributed by atoms with van der Waals surface area (Å²) in [5.41, 5.74) is -0.548. The highest BCUT2D eigenvalue weighted by Gasteiger charge is 2.22. The Kier molecular flexibility index (Phi) is 4.47. The summed E-state index contributed by atoms with van der Waals surface area (Å²) in [6, 6.07) is 0. The second-order valence-corrected chi connectivity index (χ2v) is 4.15. The van der Waals surface area contributed by atoms with E-state index in [1.807, 2.05) is 0 Å². The maximum absolute atomic E-state index is 11.5. The van der Waals surface area contributed by atoms with Crippen LogP contribution >= 0.6 is 0 Å². The summed E-state index contributed by atoms with van der Waals surface area (Å²) in [7, 11) is 0. The second kappa shape index (κ2) is 4.88. The molecule has 3 nitrogen and oxygen atoms in total. The highest BCUT2D eigenvalue weighted by molar-refractivity contribution is 6.06. The zero-order valence-corrected chi connectivity index (χ0v) is 8.89. The highest BCUT2D eigenvalue weighted by Crippen LogP contribution is 2.17. The van der Waals surface area contributed by atoms with Crippen molar-refractivity contribution < 1.29 is 19.1 Å². The minimum atomic E-state index is -0.548. The number of rotatable bonds is 4. The third kappa shape index (κ3) is 4.74. The molecule has 0 aliphatic rings. The predicted molar refractivity (Wildman–Crippen MR) is 50.0 cm³/mol. The molecule has 0 aromatic rings. The topological polar surface area (TPSA) is 43.4 Å². The van der Waals surface area contributed by atoms with E-state index in [2.05, 4.69) is 4.94 Å². The van der Waals surface area contributed by atoms with Crippen molar-refractivity contribution in [3.63, 3.8) is 0 Å². The van der Waals surface area contributed by atoms with Gasteiger partial charge in [0.15, 0.2) is 5.78 Å². The van der Waals surface area contributed by atoms with E-state index in [4.69, 9.17) is 0 Å². The van der Waals surface area contributed by atoms with Crippen LogP contribution in [0.15, 0.2) is 11.8 Å². The molecule has 0 N–H and O–H groups in total. The molecule has 0 amide bonds. The Labute approximate surface area is 82.8 Å². The van der Waals surface area contributed by atoms with E-state index in [1.54, 1.807) is 20.8 Å². The van der Waals surface area contributed by atoms with Crippen molar-refractivity contribution in [2.75, 3.05) is 0 Å². The lowest BCUT2D eigenvalue weighted by Crippen LogP contribution is -2.22. The zero-order valence-electron chi connectivity index (χ0n) is 8.89. The molecule has 0 bridgehead atoms. The van der Waals surface area contributed by atoms with Crippen LogP contribution in [0.5, 0.6) is 0 Å². The van der Waals surface area contributed by atoms with E-state index in [0.717, 1.165) is 6.08 Å². The number of hydrogen-bond donors (Lipinski definition) is 0. The average Bonchev–Trinajstić information content (AvgIpc) is 2.02. The van der Waals surface area contributed by atoms with Crippen LogP contribution in [0, 0.1) is 5.41 Å². The molecule has 4 heteroatoms. The van der Waals surface area contributed by atoms with E-state index in [0.29, 0.717) is 0 Å². The quantitative estimate of drug-likeness (QED) is 0.399. The fourth-order valence-corrected chi connectivity index (χ4v) is 0.723. The summed E-state index contributed by atoms with van der Waals surface area (Å²) in [6.45, 7) is 6.49. The Morgan fingerprint density at radius 1 is 1.36 bits per heavy atom. The van der Waals surface area contributed by atoms with Gasteiger partial charge in [0, 0.05) is 16.0 Å². The number of allylic oxidation sites excluding steroid dienone is 2. The third-order valence-corrected chi connectivity index (χ3v) is 1.66. The van der Waals surface area contributed by atoms with E-state index in [9.17, 15) is 14.1 Å². The fraction of sp³-hybridized carbons (Fsp3) is 0.600. The molecule has 0 saturated carbocycles. The van der Waals surface area contributed by atoms with Crippen LogP contribution in [-0.4, -0.2) is 11.6 Å². The molecule has 0 fully saturated rings. The Morgan fingerprint density at radius 3 is 2.21 bits per heavy atom. The van der Waals surface area contributed by atoms with Gasteiger partial charge in [-0.05, 0) is 6.92 Å². The zero-order chi connectivity index (χ0) is 11.4. The van der Waals surface area contributed by atoms with Crippen LogP contribution in [0.1, 0.15) is 34.1 Å². The van der Waals surface area contributed by atoms with Gasteiger partial charge < -0.3 is 0 Å². The van der Waals surface area contributed by atoms with Gasteiger partial charge in [-0.3, -0.25) is 14.5 Å². The van der Waals surface area contributed by atoms with Gasteiger partial charge in [-0.1, -0.05) is 20.8 Å². The first kappa shape index (κ1) is 12.8. The largest absolute Gasteiger partial charge is 0.299 e. The van der Waals surface area contributed by atoms with Crippen molar-refractivity contribution in [2.45, 2.75) is 34.1 Å². The maximum Gasteiger partial charge on any atom is 0.166 e. The molecule has 0 heterocycles. The predicted octanol–water partition coefficient (Wildman–Crippen LogP) is 2.37. The summed E-state index contributed by atoms with van der Waals surface area (Å²) >= 11 is 0. The van der Waals surface area contributed by atoms with Gasteiger partial charge in [0.2, 0.25) is 0 Å². The molecule has 0 saturated heterocycles. The number of ketones is 2. The van der Waals surface area contributed by atoms with Gasteiger partial charge >= 0.3 is 0 Å². The Hall–Kier alpha value is -1.19. The van der Waals surface area contributed by atoms with Crippen molar-refractivity contribution in [3.05, 3.63) is 11.8 Å². The van der Waals surface area contributed by atoms with Gasteiger partial charge in [-0.25, -0.2) is 0 Å². The summed E-state index contributed by atoms with van der Waals surface area (Å²) < 4.78 is 11.5. The Balaban J connectivity index is 4.29. The molecule has 0 aliphatic heterocycles. The summed E-state index contributed by atoms with van der Waals surface area (Å²) in [5.74, 6) is -0.762. The van der Waals surface area contributed by atoms with Crippen molar-refractivity contribution >= 4 is 11.6 Å². The lowest BCUT2D eigenvalue weighted by Gasteiger charge is -2.14. The summed E-state index contributed by atoms with van der Waals surface area (Å²) in [6.07, 6.45) is 0.758. The van der Waals surface area contributed by atoms with Gasteiger partial charge in [-0.15, -0.1) is 0 Å². The summed E-state index contributed by atoms with van der Waals surface area (Å²) in [4.78, 5) is 25.8. The molecule has 80 valence electrons. The van der Waals surface area contributed by atoms with Crippen LogP contribution in [0.4, 0.5) is 4.53 Å². The molecule has 0 atom stereocenters. The number of halogens is 1. The molecule has 0 aromatic carbocycles. The molecule has 0 spiro atoms. The monoisotopic (exact) mass is 202 g/mol. The number of carbonyl (C=O) groups is 2. The third-order valence-electron chi connectivity index (χ3n) is 1.66. The Bertz CT molecular complexity index is 261. The molecular formula is C10H15FO3. The van der Waals surface area contributed by atoms with Crippen LogP contribution in [-0.2, 0) is 14.5 Å². The standard InChI is InChI=1S/C10H15FO3/c1-7(14-11)5-8(12)6-9(13)10(2,3)4/h5H,6H2,1-4H3/b7-5+. The molecule has 14 heavy (non-hydrogen) atoms. The van der Waals surface area contributed by atoms with E-state index in [-0.39, 0.29) is 18.0 Å². The summed E-state index contributed by atoms with van der Waals surface area (Å²) in [5, 5.41) is 0. The number of carbonyl (C=O) groups excluding carboxylic acids is 2. The first-order valence-corrected chi connectivity index (χ1v) is 4.30. The van der Waals surface area contributed by atoms with Crippen molar-refractivity contribution in [2.24, 2.45) is 5.41 Å². The molecule has 0 aliphatic carbocycles. The maximum atomic E-state index is 11.5. The van der Waals surface area contributed by atoms with Crippen molar-refractivity contribution in [3.8, 4) is 0 Å². The van der Waals surface area contributed by atoms with Gasteiger partial charge in [0.25, 0.3) is 0 Å². The molecule has 0 radical (unpaired) electrons. The van der Waals surface area contributed by atoms with Gasteiger partial charge in [0.05, 0.1) is 6.42 Å². The Morgan fingerprint density at radius 2 is 1.86 bits per heavy atom. The number of hydrogen-bond acceptors (Lipinski definition) is 3. The van der Waals surface area contributed by atoms with Gasteiger partial charge in [-0.2, -0.15) is 0 Å².